The van der Waals surface area contributed by atoms with Gasteiger partial charge in [0.15, 0.2) is 5.82 Å². The number of likely N-dealkylation sites (tertiary alicyclic amines) is 1. The van der Waals surface area contributed by atoms with Crippen molar-refractivity contribution in [1.29, 1.82) is 0 Å². The van der Waals surface area contributed by atoms with Crippen LogP contribution in [0.5, 0.6) is 0 Å². The number of para-hydroxylation sites is 1. The minimum absolute atomic E-state index is 0.00229. The molecule has 2 heterocycles. The summed E-state index contributed by atoms with van der Waals surface area (Å²) < 4.78 is 5.25. The van der Waals surface area contributed by atoms with Crippen LogP contribution < -0.4 is 5.32 Å². The van der Waals surface area contributed by atoms with E-state index in [1.807, 2.05) is 37.3 Å². The topological polar surface area (TPSA) is 71.3 Å². The van der Waals surface area contributed by atoms with E-state index in [0.29, 0.717) is 12.4 Å². The Kier molecular flexibility index (Phi) is 5.02. The molecular weight excluding hydrogens is 292 g/mol. The average molecular weight is 314 g/mol. The zero-order valence-corrected chi connectivity index (χ0v) is 13.4. The molecule has 6 nitrogen and oxygen atoms in total. The normalized spacial score (nSPS) is 18.7. The van der Waals surface area contributed by atoms with Crippen molar-refractivity contribution in [2.24, 2.45) is 5.92 Å². The van der Waals surface area contributed by atoms with Crippen molar-refractivity contribution in [1.82, 2.24) is 15.0 Å². The first kappa shape index (κ1) is 15.7. The van der Waals surface area contributed by atoms with Gasteiger partial charge in [-0.1, -0.05) is 30.3 Å². The molecule has 0 aliphatic carbocycles. The van der Waals surface area contributed by atoms with Crippen molar-refractivity contribution in [3.8, 4) is 0 Å². The van der Waals surface area contributed by atoms with E-state index in [0.717, 1.165) is 43.9 Å². The number of rotatable bonds is 5. The first-order chi connectivity index (χ1) is 11.2. The minimum atomic E-state index is -0.00229. The number of aromatic nitrogens is 2. The van der Waals surface area contributed by atoms with Crippen LogP contribution in [0.25, 0.3) is 0 Å². The van der Waals surface area contributed by atoms with E-state index in [-0.39, 0.29) is 11.8 Å². The largest absolute Gasteiger partial charge is 0.338 e. The van der Waals surface area contributed by atoms with Gasteiger partial charge >= 0.3 is 0 Å². The first-order valence-corrected chi connectivity index (χ1v) is 8.14. The second-order valence-corrected chi connectivity index (χ2v) is 5.89. The number of nitrogens with one attached hydrogen (secondary N) is 1. The van der Waals surface area contributed by atoms with E-state index in [1.165, 1.54) is 0 Å². The number of amides is 1. The molecule has 1 saturated heterocycles. The van der Waals surface area contributed by atoms with Gasteiger partial charge in [-0.15, -0.1) is 0 Å². The van der Waals surface area contributed by atoms with Crippen LogP contribution in [0.15, 0.2) is 34.9 Å². The third-order valence-corrected chi connectivity index (χ3v) is 4.10. The molecule has 1 N–H and O–H groups in total. The second kappa shape index (κ2) is 7.37. The van der Waals surface area contributed by atoms with E-state index < -0.39 is 0 Å². The Morgan fingerprint density at radius 3 is 2.96 bits per heavy atom. The van der Waals surface area contributed by atoms with Gasteiger partial charge in [0, 0.05) is 18.7 Å². The van der Waals surface area contributed by atoms with Crippen LogP contribution in [0.2, 0.25) is 0 Å². The van der Waals surface area contributed by atoms with E-state index in [4.69, 9.17) is 4.52 Å². The summed E-state index contributed by atoms with van der Waals surface area (Å²) in [5.41, 5.74) is 0.846. The van der Waals surface area contributed by atoms with Gasteiger partial charge in [-0.2, -0.15) is 4.98 Å². The zero-order chi connectivity index (χ0) is 16.1. The molecule has 122 valence electrons. The molecule has 0 radical (unpaired) electrons. The number of anilines is 1. The number of nitrogens with zero attached hydrogens (tertiary/aromatic N) is 3. The van der Waals surface area contributed by atoms with Gasteiger partial charge < -0.3 is 9.84 Å². The number of aryl methyl sites for hydroxylation is 1. The summed E-state index contributed by atoms with van der Waals surface area (Å²) in [4.78, 5) is 19.0. The maximum absolute atomic E-state index is 12.4. The third-order valence-electron chi connectivity index (χ3n) is 4.10. The lowest BCUT2D eigenvalue weighted by atomic mass is 9.97. The second-order valence-electron chi connectivity index (χ2n) is 5.89. The highest BCUT2D eigenvalue weighted by Crippen LogP contribution is 2.20. The minimum Gasteiger partial charge on any atom is -0.338 e. The molecule has 1 aromatic carbocycles. The maximum Gasteiger partial charge on any atom is 0.240 e. The van der Waals surface area contributed by atoms with Crippen molar-refractivity contribution in [2.75, 3.05) is 18.4 Å². The molecule has 6 heteroatoms. The van der Waals surface area contributed by atoms with Crippen LogP contribution in [-0.4, -0.2) is 34.0 Å². The van der Waals surface area contributed by atoms with Gasteiger partial charge in [0.1, 0.15) is 0 Å². The fourth-order valence-corrected chi connectivity index (χ4v) is 2.87. The lowest BCUT2D eigenvalue weighted by molar-refractivity contribution is -0.121. The number of carbonyl (C=O) groups excluding carboxylic acids is 1. The summed E-state index contributed by atoms with van der Waals surface area (Å²) in [5, 5.41) is 6.91. The molecule has 0 spiro atoms. The molecule has 1 aliphatic rings. The summed E-state index contributed by atoms with van der Waals surface area (Å²) in [7, 11) is 0. The van der Waals surface area contributed by atoms with Crippen LogP contribution >= 0.6 is 0 Å². The van der Waals surface area contributed by atoms with Crippen molar-refractivity contribution >= 4 is 11.6 Å². The summed E-state index contributed by atoms with van der Waals surface area (Å²) >= 11 is 0. The quantitative estimate of drug-likeness (QED) is 0.918. The molecular formula is C17H22N4O2. The van der Waals surface area contributed by atoms with Gasteiger partial charge in [0.25, 0.3) is 0 Å². The Morgan fingerprint density at radius 1 is 1.39 bits per heavy atom. The van der Waals surface area contributed by atoms with Crippen LogP contribution in [0, 0.1) is 5.92 Å². The summed E-state index contributed by atoms with van der Waals surface area (Å²) in [6, 6.07) is 9.59. The summed E-state index contributed by atoms with van der Waals surface area (Å²) in [6.45, 7) is 4.29. The van der Waals surface area contributed by atoms with Crippen molar-refractivity contribution in [2.45, 2.75) is 32.7 Å². The predicted octanol–water partition coefficient (Wildman–Crippen LogP) is 2.48. The Labute approximate surface area is 135 Å². The number of hydrogen-bond acceptors (Lipinski definition) is 5. The predicted molar refractivity (Wildman–Crippen MR) is 86.7 cm³/mol. The van der Waals surface area contributed by atoms with Gasteiger partial charge in [0.05, 0.1) is 12.5 Å². The Hall–Kier alpha value is -2.21. The van der Waals surface area contributed by atoms with E-state index in [1.54, 1.807) is 0 Å². The monoisotopic (exact) mass is 314 g/mol. The third kappa shape index (κ3) is 4.16. The molecule has 23 heavy (non-hydrogen) atoms. The molecule has 0 saturated carbocycles. The van der Waals surface area contributed by atoms with Gasteiger partial charge in [-0.3, -0.25) is 9.69 Å². The van der Waals surface area contributed by atoms with Gasteiger partial charge in [-0.05, 0) is 31.5 Å². The van der Waals surface area contributed by atoms with E-state index >= 15 is 0 Å². The van der Waals surface area contributed by atoms with E-state index in [9.17, 15) is 4.79 Å². The Bertz CT molecular complexity index is 641. The van der Waals surface area contributed by atoms with Gasteiger partial charge in [-0.25, -0.2) is 0 Å². The zero-order valence-electron chi connectivity index (χ0n) is 13.4. The van der Waals surface area contributed by atoms with E-state index in [2.05, 4.69) is 20.4 Å². The highest BCUT2D eigenvalue weighted by atomic mass is 16.5. The number of piperidine rings is 1. The Balaban J connectivity index is 1.56. The summed E-state index contributed by atoms with van der Waals surface area (Å²) in [6.07, 6.45) is 2.69. The highest BCUT2D eigenvalue weighted by molar-refractivity contribution is 5.92. The molecule has 2 aromatic rings. The SMILES string of the molecule is CCc1noc(CN2CCC[C@H](C(=O)Nc3ccccc3)C2)n1. The fraction of sp³-hybridized carbons (Fsp3) is 0.471. The molecule has 1 aromatic heterocycles. The van der Waals surface area contributed by atoms with Crippen molar-refractivity contribution in [3.05, 3.63) is 42.0 Å². The lowest BCUT2D eigenvalue weighted by Crippen LogP contribution is -2.40. The number of carbonyl (C=O) groups is 1. The average Bonchev–Trinajstić information content (AvgIpc) is 3.03. The molecule has 1 amide bonds. The standard InChI is InChI=1S/C17H22N4O2/c1-2-15-19-16(23-20-15)12-21-10-6-7-13(11-21)17(22)18-14-8-4-3-5-9-14/h3-5,8-9,13H,2,6-7,10-12H2,1H3,(H,18,22)/t13-/m0/s1. The van der Waals surface area contributed by atoms with Crippen molar-refractivity contribution in [3.63, 3.8) is 0 Å². The smallest absolute Gasteiger partial charge is 0.240 e. The molecule has 1 aliphatic heterocycles. The first-order valence-electron chi connectivity index (χ1n) is 8.14. The van der Waals surface area contributed by atoms with Crippen LogP contribution in [0.3, 0.4) is 0 Å². The molecule has 1 fully saturated rings. The highest BCUT2D eigenvalue weighted by Gasteiger charge is 2.26. The maximum atomic E-state index is 12.4. The van der Waals surface area contributed by atoms with Crippen LogP contribution in [0.1, 0.15) is 31.5 Å². The van der Waals surface area contributed by atoms with Crippen LogP contribution in [0.4, 0.5) is 5.69 Å². The molecule has 0 unspecified atom stereocenters. The molecule has 3 rings (SSSR count). The lowest BCUT2D eigenvalue weighted by Gasteiger charge is -2.30. The number of benzene rings is 1. The molecule has 1 atom stereocenters. The molecule has 0 bridgehead atoms. The van der Waals surface area contributed by atoms with Crippen LogP contribution in [-0.2, 0) is 17.8 Å². The number of hydrogen-bond donors (Lipinski definition) is 1. The van der Waals surface area contributed by atoms with Gasteiger partial charge in [0.2, 0.25) is 11.8 Å². The van der Waals surface area contributed by atoms with Crippen molar-refractivity contribution < 1.29 is 9.32 Å². The fourth-order valence-electron chi connectivity index (χ4n) is 2.87. The Morgan fingerprint density at radius 2 is 2.22 bits per heavy atom. The summed E-state index contributed by atoms with van der Waals surface area (Å²) in [5.74, 6) is 1.44.